The van der Waals surface area contributed by atoms with E-state index in [0.29, 0.717) is 30.0 Å². The number of carbonyl (C=O) groups excluding carboxylic acids is 1. The summed E-state index contributed by atoms with van der Waals surface area (Å²) in [6, 6.07) is 11.2. The Balaban J connectivity index is 1.79. The minimum atomic E-state index is -3.74. The molecule has 0 bridgehead atoms. The number of methoxy groups -OCH3 is 2. The molecule has 0 saturated carbocycles. The highest BCUT2D eigenvalue weighted by atomic mass is 32.2. The second-order valence-corrected chi connectivity index (χ2v) is 8.18. The third-order valence-corrected chi connectivity index (χ3v) is 5.72. The van der Waals surface area contributed by atoms with Crippen molar-refractivity contribution in [3.63, 3.8) is 0 Å². The van der Waals surface area contributed by atoms with Gasteiger partial charge < -0.3 is 20.5 Å². The first-order valence-electron chi connectivity index (χ1n) is 9.18. The van der Waals surface area contributed by atoms with E-state index >= 15 is 0 Å². The van der Waals surface area contributed by atoms with Crippen LogP contribution < -0.4 is 25.2 Å². The third-order valence-electron chi connectivity index (χ3n) is 4.27. The van der Waals surface area contributed by atoms with Gasteiger partial charge in [-0.2, -0.15) is 0 Å². The van der Waals surface area contributed by atoms with E-state index in [1.54, 1.807) is 25.3 Å². The zero-order valence-electron chi connectivity index (χ0n) is 16.9. The largest absolute Gasteiger partial charge is 0.493 e. The Bertz CT molecular complexity index is 1010. The predicted octanol–water partition coefficient (Wildman–Crippen LogP) is 1.36. The summed E-state index contributed by atoms with van der Waals surface area (Å²) >= 11 is 0. The quantitative estimate of drug-likeness (QED) is 0.239. The van der Waals surface area contributed by atoms with E-state index in [-0.39, 0.29) is 29.6 Å². The number of rotatable bonds is 11. The fourth-order valence-corrected chi connectivity index (χ4v) is 3.77. The van der Waals surface area contributed by atoms with Crippen LogP contribution in [0.15, 0.2) is 47.4 Å². The summed E-state index contributed by atoms with van der Waals surface area (Å²) in [5.74, 6) is 0.780. The van der Waals surface area contributed by atoms with Gasteiger partial charge in [0, 0.05) is 25.1 Å². The first-order chi connectivity index (χ1) is 14.3. The van der Waals surface area contributed by atoms with Crippen LogP contribution in [0.1, 0.15) is 24.0 Å². The first kappa shape index (κ1) is 23.2. The monoisotopic (exact) mass is 434 g/mol. The molecule has 162 valence electrons. The molecule has 10 heteroatoms. The fourth-order valence-electron chi connectivity index (χ4n) is 2.65. The van der Waals surface area contributed by atoms with Crippen LogP contribution in [0.5, 0.6) is 11.5 Å². The number of benzene rings is 2. The molecular weight excluding hydrogens is 408 g/mol. The van der Waals surface area contributed by atoms with Crippen molar-refractivity contribution in [2.75, 3.05) is 20.8 Å². The van der Waals surface area contributed by atoms with Gasteiger partial charge in [0.15, 0.2) is 11.5 Å². The second-order valence-electron chi connectivity index (χ2n) is 6.41. The Labute approximate surface area is 176 Å². The topological polar surface area (TPSA) is 144 Å². The van der Waals surface area contributed by atoms with Crippen LogP contribution in [0.25, 0.3) is 0 Å². The van der Waals surface area contributed by atoms with E-state index in [2.05, 4.69) is 10.0 Å². The Hall–Kier alpha value is -3.11. The van der Waals surface area contributed by atoms with E-state index in [1.807, 2.05) is 6.07 Å². The lowest BCUT2D eigenvalue weighted by molar-refractivity contribution is -0.121. The van der Waals surface area contributed by atoms with Gasteiger partial charge in [-0.15, -0.1) is 0 Å². The van der Waals surface area contributed by atoms with Crippen molar-refractivity contribution in [2.45, 2.75) is 24.3 Å². The smallest absolute Gasteiger partial charge is 0.240 e. The highest BCUT2D eigenvalue weighted by Gasteiger charge is 2.14. The van der Waals surface area contributed by atoms with Gasteiger partial charge in [-0.1, -0.05) is 18.2 Å². The first-order valence-corrected chi connectivity index (χ1v) is 10.7. The zero-order valence-corrected chi connectivity index (χ0v) is 17.7. The van der Waals surface area contributed by atoms with Crippen molar-refractivity contribution in [2.24, 2.45) is 5.73 Å². The number of ether oxygens (including phenoxy) is 2. The van der Waals surface area contributed by atoms with Gasteiger partial charge in [0.1, 0.15) is 5.84 Å². The Morgan fingerprint density at radius 2 is 1.83 bits per heavy atom. The number of amidine groups is 1. The Morgan fingerprint density at radius 1 is 1.10 bits per heavy atom. The highest BCUT2D eigenvalue weighted by Crippen LogP contribution is 2.27. The van der Waals surface area contributed by atoms with E-state index < -0.39 is 10.0 Å². The number of amides is 1. The highest BCUT2D eigenvalue weighted by molar-refractivity contribution is 7.89. The summed E-state index contributed by atoms with van der Waals surface area (Å²) in [6.45, 7) is 0.430. The average Bonchev–Trinajstić information content (AvgIpc) is 2.75. The molecule has 9 nitrogen and oxygen atoms in total. The molecule has 0 aliphatic rings. The molecule has 2 aromatic rings. The molecule has 0 atom stereocenters. The van der Waals surface area contributed by atoms with Crippen molar-refractivity contribution in [3.8, 4) is 11.5 Å². The van der Waals surface area contributed by atoms with E-state index in [9.17, 15) is 13.2 Å². The molecule has 1 amide bonds. The Morgan fingerprint density at radius 3 is 2.50 bits per heavy atom. The average molecular weight is 435 g/mol. The molecule has 2 aromatic carbocycles. The molecular formula is C20H26N4O5S. The lowest BCUT2D eigenvalue weighted by Crippen LogP contribution is -2.27. The molecule has 0 aliphatic carbocycles. The van der Waals surface area contributed by atoms with Gasteiger partial charge in [-0.05, 0) is 36.2 Å². The van der Waals surface area contributed by atoms with E-state index in [0.717, 1.165) is 5.56 Å². The van der Waals surface area contributed by atoms with Gasteiger partial charge >= 0.3 is 0 Å². The number of carbonyl (C=O) groups is 1. The molecule has 0 aromatic heterocycles. The number of hydrogen-bond donors (Lipinski definition) is 4. The molecule has 0 saturated heterocycles. The van der Waals surface area contributed by atoms with E-state index in [4.69, 9.17) is 20.6 Å². The lowest BCUT2D eigenvalue weighted by Gasteiger charge is -2.11. The van der Waals surface area contributed by atoms with Crippen LogP contribution in [0.4, 0.5) is 0 Å². The van der Waals surface area contributed by atoms with Gasteiger partial charge in [0.2, 0.25) is 15.9 Å². The van der Waals surface area contributed by atoms with Crippen molar-refractivity contribution in [1.82, 2.24) is 10.0 Å². The molecule has 0 heterocycles. The maximum atomic E-state index is 12.3. The number of sulfonamides is 1. The molecule has 0 spiro atoms. The van der Waals surface area contributed by atoms with Crippen LogP contribution in [-0.4, -0.2) is 40.9 Å². The molecule has 5 N–H and O–H groups in total. The maximum Gasteiger partial charge on any atom is 0.240 e. The number of hydrogen-bond acceptors (Lipinski definition) is 6. The van der Waals surface area contributed by atoms with Gasteiger partial charge in [0.25, 0.3) is 0 Å². The van der Waals surface area contributed by atoms with E-state index in [1.165, 1.54) is 25.3 Å². The van der Waals surface area contributed by atoms with Crippen LogP contribution >= 0.6 is 0 Å². The third kappa shape index (κ3) is 6.46. The molecule has 0 fully saturated rings. The number of nitrogen functional groups attached to an aromatic ring is 1. The predicted molar refractivity (Wildman–Crippen MR) is 113 cm³/mol. The molecule has 0 radical (unpaired) electrons. The second kappa shape index (κ2) is 10.6. The summed E-state index contributed by atoms with van der Waals surface area (Å²) in [4.78, 5) is 12.0. The summed E-state index contributed by atoms with van der Waals surface area (Å²) in [6.07, 6.45) is 0.507. The van der Waals surface area contributed by atoms with Gasteiger partial charge in [-0.25, -0.2) is 13.1 Å². The standard InChI is InChI=1S/C20H26N4O5S/c1-28-17-9-8-14(11-18(17)29-2)13-23-19(25)7-4-10-24-30(26,27)16-6-3-5-15(12-16)20(21)22/h3,5-6,8-9,11-12,24H,4,7,10,13H2,1-2H3,(H3,21,22)(H,23,25). The van der Waals surface area contributed by atoms with Crippen LogP contribution in [0.3, 0.4) is 0 Å². The number of nitrogens with two attached hydrogens (primary N) is 1. The van der Waals surface area contributed by atoms with Crippen molar-refractivity contribution in [1.29, 1.82) is 5.41 Å². The van der Waals surface area contributed by atoms with Crippen molar-refractivity contribution < 1.29 is 22.7 Å². The van der Waals surface area contributed by atoms with Crippen LogP contribution in [-0.2, 0) is 21.4 Å². The SMILES string of the molecule is COc1ccc(CNC(=O)CCCNS(=O)(=O)c2cccc(C(=N)N)c2)cc1OC. The van der Waals surface area contributed by atoms with Crippen LogP contribution in [0, 0.1) is 5.41 Å². The minimum absolute atomic E-state index is 0.0214. The summed E-state index contributed by atoms with van der Waals surface area (Å²) in [7, 11) is -0.655. The maximum absolute atomic E-state index is 12.3. The minimum Gasteiger partial charge on any atom is -0.493 e. The molecule has 0 aliphatic heterocycles. The lowest BCUT2D eigenvalue weighted by atomic mass is 10.2. The molecule has 2 rings (SSSR count). The summed E-state index contributed by atoms with van der Waals surface area (Å²) in [5, 5.41) is 10.2. The fraction of sp³-hybridized carbons (Fsp3) is 0.300. The van der Waals surface area contributed by atoms with Gasteiger partial charge in [0.05, 0.1) is 19.1 Å². The summed E-state index contributed by atoms with van der Waals surface area (Å²) < 4.78 is 37.5. The Kier molecular flexibility index (Phi) is 8.19. The van der Waals surface area contributed by atoms with Crippen molar-refractivity contribution in [3.05, 3.63) is 53.6 Å². The zero-order chi connectivity index (χ0) is 22.1. The van der Waals surface area contributed by atoms with Gasteiger partial charge in [-0.3, -0.25) is 10.2 Å². The van der Waals surface area contributed by atoms with Crippen LogP contribution in [0.2, 0.25) is 0 Å². The molecule has 30 heavy (non-hydrogen) atoms. The molecule has 0 unspecified atom stereocenters. The summed E-state index contributed by atoms with van der Waals surface area (Å²) in [5.41, 5.74) is 6.57. The number of nitrogens with one attached hydrogen (secondary N) is 3. The normalized spacial score (nSPS) is 11.0. The van der Waals surface area contributed by atoms with Crippen molar-refractivity contribution >= 4 is 21.8 Å².